The molecular weight excluding hydrogens is 310 g/mol. The Kier molecular flexibility index (Phi) is 2.94. The molecular formula is C20H15N5. The SMILES string of the molecule is Cc1ccncc1-c1cnc2[nH]cc(-c3ccn4nccc4c3)c2c1. The summed E-state index contributed by atoms with van der Waals surface area (Å²) in [6, 6.07) is 10.4. The minimum atomic E-state index is 0.883. The van der Waals surface area contributed by atoms with Crippen LogP contribution in [0.4, 0.5) is 0 Å². The van der Waals surface area contributed by atoms with Crippen molar-refractivity contribution in [3.8, 4) is 22.3 Å². The third-order valence-corrected chi connectivity index (χ3v) is 4.59. The molecule has 5 aromatic rings. The van der Waals surface area contributed by atoms with Crippen LogP contribution in [0.1, 0.15) is 5.56 Å². The van der Waals surface area contributed by atoms with Crippen LogP contribution in [-0.2, 0) is 0 Å². The summed E-state index contributed by atoms with van der Waals surface area (Å²) in [7, 11) is 0. The monoisotopic (exact) mass is 325 g/mol. The van der Waals surface area contributed by atoms with Gasteiger partial charge in [0, 0.05) is 59.3 Å². The Balaban J connectivity index is 1.71. The van der Waals surface area contributed by atoms with Crippen LogP contribution in [0, 0.1) is 6.92 Å². The molecule has 0 bridgehead atoms. The zero-order valence-electron chi connectivity index (χ0n) is 13.6. The standard InChI is InChI=1S/C20H15N5/c1-13-2-5-21-11-18(13)15-9-17-19(12-23-20(17)22-10-15)14-4-7-25-16(8-14)3-6-24-25/h2-12H,1H3,(H,22,23). The van der Waals surface area contributed by atoms with Crippen LogP contribution in [0.3, 0.4) is 0 Å². The highest BCUT2D eigenvalue weighted by Crippen LogP contribution is 2.32. The molecule has 0 saturated carbocycles. The predicted octanol–water partition coefficient (Wildman–Crippen LogP) is 4.25. The van der Waals surface area contributed by atoms with E-state index < -0.39 is 0 Å². The lowest BCUT2D eigenvalue weighted by atomic mass is 10.0. The summed E-state index contributed by atoms with van der Waals surface area (Å²) in [5, 5.41) is 5.36. The van der Waals surface area contributed by atoms with E-state index in [-0.39, 0.29) is 0 Å². The Bertz CT molecular complexity index is 1220. The highest BCUT2D eigenvalue weighted by atomic mass is 15.2. The number of rotatable bonds is 2. The third kappa shape index (κ3) is 2.21. The topological polar surface area (TPSA) is 58.9 Å². The van der Waals surface area contributed by atoms with Crippen LogP contribution in [0.5, 0.6) is 0 Å². The van der Waals surface area contributed by atoms with Gasteiger partial charge in [0.1, 0.15) is 5.65 Å². The molecule has 5 heterocycles. The molecule has 0 amide bonds. The lowest BCUT2D eigenvalue weighted by Crippen LogP contribution is -1.88. The molecule has 1 N–H and O–H groups in total. The Labute approximate surface area is 144 Å². The van der Waals surface area contributed by atoms with Crippen LogP contribution in [-0.4, -0.2) is 24.6 Å². The van der Waals surface area contributed by atoms with E-state index in [2.05, 4.69) is 45.2 Å². The Morgan fingerprint density at radius 3 is 2.84 bits per heavy atom. The van der Waals surface area contributed by atoms with Crippen molar-refractivity contribution < 1.29 is 0 Å². The van der Waals surface area contributed by atoms with E-state index in [4.69, 9.17) is 0 Å². The predicted molar refractivity (Wildman–Crippen MR) is 98.2 cm³/mol. The molecule has 0 fully saturated rings. The maximum absolute atomic E-state index is 4.60. The van der Waals surface area contributed by atoms with Crippen LogP contribution in [0.15, 0.2) is 67.5 Å². The molecule has 120 valence electrons. The number of aryl methyl sites for hydroxylation is 1. The molecule has 0 saturated heterocycles. The van der Waals surface area contributed by atoms with Crippen molar-refractivity contribution in [2.45, 2.75) is 6.92 Å². The average Bonchev–Trinajstić information content (AvgIpc) is 3.27. The van der Waals surface area contributed by atoms with Crippen molar-refractivity contribution in [3.63, 3.8) is 0 Å². The zero-order valence-corrected chi connectivity index (χ0v) is 13.6. The van der Waals surface area contributed by atoms with Crippen molar-refractivity contribution in [2.75, 3.05) is 0 Å². The lowest BCUT2D eigenvalue weighted by molar-refractivity contribution is 0.962. The smallest absolute Gasteiger partial charge is 0.137 e. The first-order valence-electron chi connectivity index (χ1n) is 8.11. The number of H-pyrrole nitrogens is 1. The van der Waals surface area contributed by atoms with Gasteiger partial charge in [-0.2, -0.15) is 5.10 Å². The van der Waals surface area contributed by atoms with Gasteiger partial charge in [0.25, 0.3) is 0 Å². The van der Waals surface area contributed by atoms with Gasteiger partial charge in [-0.15, -0.1) is 0 Å². The maximum Gasteiger partial charge on any atom is 0.137 e. The van der Waals surface area contributed by atoms with Crippen molar-refractivity contribution >= 4 is 16.6 Å². The molecule has 5 nitrogen and oxygen atoms in total. The number of fused-ring (bicyclic) bond motifs is 2. The summed E-state index contributed by atoms with van der Waals surface area (Å²) in [4.78, 5) is 12.1. The van der Waals surface area contributed by atoms with Crippen molar-refractivity contribution in [2.24, 2.45) is 0 Å². The maximum atomic E-state index is 4.60. The number of pyridine rings is 3. The summed E-state index contributed by atoms with van der Waals surface area (Å²) in [6.07, 6.45) is 11.4. The first-order valence-corrected chi connectivity index (χ1v) is 8.11. The summed E-state index contributed by atoms with van der Waals surface area (Å²) < 4.78 is 1.86. The number of aromatic amines is 1. The van der Waals surface area contributed by atoms with E-state index in [1.165, 1.54) is 5.56 Å². The number of nitrogens with one attached hydrogen (secondary N) is 1. The molecule has 0 unspecified atom stereocenters. The largest absolute Gasteiger partial charge is 0.346 e. The fraction of sp³-hybridized carbons (Fsp3) is 0.0500. The van der Waals surface area contributed by atoms with E-state index in [1.807, 2.05) is 47.6 Å². The Morgan fingerprint density at radius 2 is 1.92 bits per heavy atom. The number of hydrogen-bond acceptors (Lipinski definition) is 3. The van der Waals surface area contributed by atoms with Crippen LogP contribution >= 0.6 is 0 Å². The van der Waals surface area contributed by atoms with Gasteiger partial charge < -0.3 is 4.98 Å². The molecule has 5 heteroatoms. The fourth-order valence-electron chi connectivity index (χ4n) is 3.24. The van der Waals surface area contributed by atoms with Crippen LogP contribution in [0.2, 0.25) is 0 Å². The van der Waals surface area contributed by atoms with Gasteiger partial charge in [0.05, 0.1) is 5.52 Å². The minimum absolute atomic E-state index is 0.883. The van der Waals surface area contributed by atoms with Gasteiger partial charge in [-0.05, 0) is 48.4 Å². The van der Waals surface area contributed by atoms with E-state index in [0.29, 0.717) is 0 Å². The Morgan fingerprint density at radius 1 is 0.960 bits per heavy atom. The third-order valence-electron chi connectivity index (χ3n) is 4.59. The van der Waals surface area contributed by atoms with E-state index in [9.17, 15) is 0 Å². The second kappa shape index (κ2) is 5.27. The molecule has 0 aliphatic rings. The summed E-state index contributed by atoms with van der Waals surface area (Å²) in [5.41, 5.74) is 7.59. The second-order valence-corrected chi connectivity index (χ2v) is 6.13. The summed E-state index contributed by atoms with van der Waals surface area (Å²) in [6.45, 7) is 2.09. The Hall–Kier alpha value is -3.47. The van der Waals surface area contributed by atoms with Gasteiger partial charge in [-0.3, -0.25) is 4.98 Å². The normalized spacial score (nSPS) is 11.4. The molecule has 5 rings (SSSR count). The average molecular weight is 325 g/mol. The van der Waals surface area contributed by atoms with E-state index in [1.54, 1.807) is 6.20 Å². The number of nitrogens with zero attached hydrogens (tertiary/aromatic N) is 4. The quantitative estimate of drug-likeness (QED) is 0.528. The molecule has 25 heavy (non-hydrogen) atoms. The van der Waals surface area contributed by atoms with E-state index >= 15 is 0 Å². The number of hydrogen-bond donors (Lipinski definition) is 1. The van der Waals surface area contributed by atoms with Crippen molar-refractivity contribution in [1.29, 1.82) is 0 Å². The minimum Gasteiger partial charge on any atom is -0.346 e. The van der Waals surface area contributed by atoms with E-state index in [0.717, 1.165) is 38.8 Å². The first kappa shape index (κ1) is 13.9. The first-order chi connectivity index (χ1) is 12.3. The second-order valence-electron chi connectivity index (χ2n) is 6.13. The highest BCUT2D eigenvalue weighted by Gasteiger charge is 2.11. The van der Waals surface area contributed by atoms with Gasteiger partial charge in [-0.25, -0.2) is 9.50 Å². The fourth-order valence-corrected chi connectivity index (χ4v) is 3.24. The van der Waals surface area contributed by atoms with Crippen molar-refractivity contribution in [3.05, 3.63) is 73.1 Å². The van der Waals surface area contributed by atoms with Crippen molar-refractivity contribution in [1.82, 2.24) is 24.6 Å². The molecule has 0 radical (unpaired) electrons. The van der Waals surface area contributed by atoms with Gasteiger partial charge >= 0.3 is 0 Å². The number of aromatic nitrogens is 5. The van der Waals surface area contributed by atoms with Crippen LogP contribution in [0.25, 0.3) is 38.8 Å². The lowest BCUT2D eigenvalue weighted by Gasteiger charge is -2.06. The molecule has 0 aromatic carbocycles. The van der Waals surface area contributed by atoms with Gasteiger partial charge in [-0.1, -0.05) is 0 Å². The molecule has 0 spiro atoms. The highest BCUT2D eigenvalue weighted by molar-refractivity contribution is 5.96. The summed E-state index contributed by atoms with van der Waals surface area (Å²) >= 11 is 0. The zero-order chi connectivity index (χ0) is 16.8. The molecule has 5 aromatic heterocycles. The molecule has 0 aliphatic heterocycles. The van der Waals surface area contributed by atoms with Crippen LogP contribution < -0.4 is 0 Å². The summed E-state index contributed by atoms with van der Waals surface area (Å²) in [5.74, 6) is 0. The molecule has 0 atom stereocenters. The van der Waals surface area contributed by atoms with Gasteiger partial charge in [0.15, 0.2) is 0 Å². The van der Waals surface area contributed by atoms with Gasteiger partial charge in [0.2, 0.25) is 0 Å². The molecule has 0 aliphatic carbocycles.